The molecule has 0 aromatic heterocycles. The maximum atomic E-state index is 11.9. The van der Waals surface area contributed by atoms with Gasteiger partial charge in [0.25, 0.3) is 0 Å². The van der Waals surface area contributed by atoms with Crippen molar-refractivity contribution in [3.05, 3.63) is 0 Å². The van der Waals surface area contributed by atoms with Gasteiger partial charge < -0.3 is 10.1 Å². The van der Waals surface area contributed by atoms with Crippen LogP contribution in [0.4, 0.5) is 0 Å². The number of hydrogen-bond donors (Lipinski definition) is 1. The van der Waals surface area contributed by atoms with Crippen molar-refractivity contribution in [3.63, 3.8) is 0 Å². The lowest BCUT2D eigenvalue weighted by Gasteiger charge is -2.13. The van der Waals surface area contributed by atoms with Gasteiger partial charge in [-0.25, -0.2) is 4.79 Å². The van der Waals surface area contributed by atoms with Crippen LogP contribution in [0.25, 0.3) is 0 Å². The third-order valence-corrected chi connectivity index (χ3v) is 5.23. The van der Waals surface area contributed by atoms with Crippen LogP contribution in [0.1, 0.15) is 130 Å². The second-order valence-corrected chi connectivity index (χ2v) is 8.16. The Bertz CT molecular complexity index is 371. The van der Waals surface area contributed by atoms with Gasteiger partial charge in [-0.1, -0.05) is 104 Å². The summed E-state index contributed by atoms with van der Waals surface area (Å²) in [5.41, 5.74) is 0. The van der Waals surface area contributed by atoms with Gasteiger partial charge in [0.1, 0.15) is 6.04 Å². The van der Waals surface area contributed by atoms with Crippen molar-refractivity contribution >= 4 is 11.9 Å². The molecule has 0 aliphatic heterocycles. The van der Waals surface area contributed by atoms with Crippen molar-refractivity contribution in [2.75, 3.05) is 6.61 Å². The molecule has 0 aliphatic rings. The third-order valence-electron chi connectivity index (χ3n) is 5.23. The molecule has 4 nitrogen and oxygen atoms in total. The average Bonchev–Trinajstić information content (AvgIpc) is 2.68. The van der Waals surface area contributed by atoms with Gasteiger partial charge in [0.2, 0.25) is 5.91 Å². The summed E-state index contributed by atoms with van der Waals surface area (Å²) in [6.07, 6.45) is 20.1. The van der Waals surface area contributed by atoms with Crippen LogP contribution in [0.3, 0.4) is 0 Å². The van der Waals surface area contributed by atoms with E-state index >= 15 is 0 Å². The fraction of sp³-hybridized carbons (Fsp3) is 0.917. The fourth-order valence-electron chi connectivity index (χ4n) is 3.33. The standard InChI is InChI=1S/C24H47NO3/c1-4-6-8-10-11-12-13-14-15-17-19-21-28-24(27)22(3)25-23(26)20-18-16-9-7-5-2/h22H,4-21H2,1-3H3,(H,25,26). The minimum atomic E-state index is -0.546. The predicted molar refractivity (Wildman–Crippen MR) is 118 cm³/mol. The molecule has 4 heteroatoms. The Morgan fingerprint density at radius 3 is 1.61 bits per heavy atom. The van der Waals surface area contributed by atoms with Crippen LogP contribution in [0.5, 0.6) is 0 Å². The van der Waals surface area contributed by atoms with Gasteiger partial charge in [-0.3, -0.25) is 4.79 Å². The summed E-state index contributed by atoms with van der Waals surface area (Å²) in [4.78, 5) is 23.8. The summed E-state index contributed by atoms with van der Waals surface area (Å²) in [7, 11) is 0. The van der Waals surface area contributed by atoms with Gasteiger partial charge >= 0.3 is 5.97 Å². The highest BCUT2D eigenvalue weighted by Crippen LogP contribution is 2.11. The molecule has 0 heterocycles. The Morgan fingerprint density at radius 2 is 1.11 bits per heavy atom. The minimum Gasteiger partial charge on any atom is -0.464 e. The Labute approximate surface area is 174 Å². The van der Waals surface area contributed by atoms with Crippen LogP contribution >= 0.6 is 0 Å². The van der Waals surface area contributed by atoms with Crippen LogP contribution in [0.15, 0.2) is 0 Å². The number of esters is 1. The molecule has 0 spiro atoms. The lowest BCUT2D eigenvalue weighted by atomic mass is 10.1. The second-order valence-electron chi connectivity index (χ2n) is 8.16. The zero-order valence-corrected chi connectivity index (χ0v) is 19.0. The van der Waals surface area contributed by atoms with E-state index < -0.39 is 6.04 Å². The largest absolute Gasteiger partial charge is 0.464 e. The van der Waals surface area contributed by atoms with Crippen LogP contribution in [0.2, 0.25) is 0 Å². The van der Waals surface area contributed by atoms with E-state index in [1.54, 1.807) is 6.92 Å². The van der Waals surface area contributed by atoms with Crippen molar-refractivity contribution in [2.24, 2.45) is 0 Å². The molecule has 1 atom stereocenters. The number of carbonyl (C=O) groups is 2. The summed E-state index contributed by atoms with van der Waals surface area (Å²) in [6, 6.07) is -0.546. The molecule has 0 radical (unpaired) electrons. The van der Waals surface area contributed by atoms with E-state index in [4.69, 9.17) is 4.74 Å². The molecule has 166 valence electrons. The zero-order chi connectivity index (χ0) is 20.9. The van der Waals surface area contributed by atoms with Gasteiger partial charge in [0, 0.05) is 6.42 Å². The van der Waals surface area contributed by atoms with Gasteiger partial charge in [-0.15, -0.1) is 0 Å². The molecule has 1 amide bonds. The highest BCUT2D eigenvalue weighted by Gasteiger charge is 2.16. The van der Waals surface area contributed by atoms with Crippen molar-refractivity contribution in [2.45, 2.75) is 136 Å². The van der Waals surface area contributed by atoms with Crippen LogP contribution in [-0.2, 0) is 14.3 Å². The number of rotatable bonds is 20. The Hall–Kier alpha value is -1.06. The van der Waals surface area contributed by atoms with Crippen molar-refractivity contribution < 1.29 is 14.3 Å². The van der Waals surface area contributed by atoms with E-state index in [0.717, 1.165) is 25.7 Å². The van der Waals surface area contributed by atoms with Crippen LogP contribution in [-0.4, -0.2) is 24.5 Å². The molecule has 0 rings (SSSR count). The molecule has 1 unspecified atom stereocenters. The molecule has 0 aromatic carbocycles. The summed E-state index contributed by atoms with van der Waals surface area (Å²) < 4.78 is 5.29. The molecular weight excluding hydrogens is 350 g/mol. The van der Waals surface area contributed by atoms with Gasteiger partial charge in [0.05, 0.1) is 6.61 Å². The Morgan fingerprint density at radius 1 is 0.679 bits per heavy atom. The predicted octanol–water partition coefficient (Wildman–Crippen LogP) is 6.71. The first-order valence-electron chi connectivity index (χ1n) is 12.1. The maximum absolute atomic E-state index is 11.9. The number of ether oxygens (including phenoxy) is 1. The summed E-state index contributed by atoms with van der Waals surface area (Å²) in [5.74, 6) is -0.359. The number of carbonyl (C=O) groups excluding carboxylic acids is 2. The van der Waals surface area contributed by atoms with E-state index in [2.05, 4.69) is 19.2 Å². The normalized spacial score (nSPS) is 12.0. The number of hydrogen-bond acceptors (Lipinski definition) is 3. The molecule has 0 bridgehead atoms. The maximum Gasteiger partial charge on any atom is 0.328 e. The summed E-state index contributed by atoms with van der Waals surface area (Å²) in [6.45, 7) is 6.60. The molecule has 0 saturated carbocycles. The Kier molecular flexibility index (Phi) is 19.9. The van der Waals surface area contributed by atoms with Crippen LogP contribution in [0, 0.1) is 0 Å². The molecule has 0 aromatic rings. The lowest BCUT2D eigenvalue weighted by Crippen LogP contribution is -2.39. The number of unbranched alkanes of at least 4 members (excludes halogenated alkanes) is 14. The van der Waals surface area contributed by atoms with Gasteiger partial charge in [-0.2, -0.15) is 0 Å². The quantitative estimate of drug-likeness (QED) is 0.183. The fourth-order valence-corrected chi connectivity index (χ4v) is 3.33. The van der Waals surface area contributed by atoms with E-state index in [1.807, 2.05) is 0 Å². The van der Waals surface area contributed by atoms with Crippen molar-refractivity contribution in [1.82, 2.24) is 5.32 Å². The van der Waals surface area contributed by atoms with Gasteiger partial charge in [-0.05, 0) is 19.8 Å². The van der Waals surface area contributed by atoms with E-state index in [0.29, 0.717) is 13.0 Å². The molecule has 0 saturated heterocycles. The summed E-state index contributed by atoms with van der Waals surface area (Å²) in [5, 5.41) is 2.75. The average molecular weight is 398 g/mol. The summed E-state index contributed by atoms with van der Waals surface area (Å²) >= 11 is 0. The molecule has 0 aliphatic carbocycles. The SMILES string of the molecule is CCCCCCCCCCCCCOC(=O)C(C)NC(=O)CCCCCCC. The third kappa shape index (κ3) is 18.3. The van der Waals surface area contributed by atoms with E-state index in [1.165, 1.54) is 77.0 Å². The smallest absolute Gasteiger partial charge is 0.328 e. The number of nitrogens with one attached hydrogen (secondary N) is 1. The first-order valence-corrected chi connectivity index (χ1v) is 12.1. The minimum absolute atomic E-state index is 0.0457. The monoisotopic (exact) mass is 397 g/mol. The second kappa shape index (κ2) is 20.7. The number of amides is 1. The topological polar surface area (TPSA) is 55.4 Å². The zero-order valence-electron chi connectivity index (χ0n) is 19.0. The lowest BCUT2D eigenvalue weighted by molar-refractivity contribution is -0.147. The first-order chi connectivity index (χ1) is 13.6. The Balaban J connectivity index is 3.46. The molecule has 1 N–H and O–H groups in total. The van der Waals surface area contributed by atoms with Gasteiger partial charge in [0.15, 0.2) is 0 Å². The van der Waals surface area contributed by atoms with Crippen molar-refractivity contribution in [3.8, 4) is 0 Å². The highest BCUT2D eigenvalue weighted by molar-refractivity contribution is 5.84. The molecular formula is C24H47NO3. The van der Waals surface area contributed by atoms with E-state index in [-0.39, 0.29) is 11.9 Å². The van der Waals surface area contributed by atoms with Crippen LogP contribution < -0.4 is 5.32 Å². The highest BCUT2D eigenvalue weighted by atomic mass is 16.5. The van der Waals surface area contributed by atoms with Crippen molar-refractivity contribution in [1.29, 1.82) is 0 Å². The molecule has 0 fully saturated rings. The van der Waals surface area contributed by atoms with E-state index in [9.17, 15) is 9.59 Å². The molecule has 28 heavy (non-hydrogen) atoms. The first kappa shape index (κ1) is 26.9.